The third kappa shape index (κ3) is 2.81. The molecule has 1 N–H and O–H groups in total. The number of rotatable bonds is 4. The first-order chi connectivity index (χ1) is 6.27. The Morgan fingerprint density at radius 2 is 2.08 bits per heavy atom. The molecule has 1 aromatic carbocycles. The summed E-state index contributed by atoms with van der Waals surface area (Å²) in [5.41, 5.74) is 0.795. The topological polar surface area (TPSA) is 12.0 Å². The molecule has 1 nitrogen and oxygen atoms in total. The van der Waals surface area contributed by atoms with Gasteiger partial charge in [0.15, 0.2) is 0 Å². The van der Waals surface area contributed by atoms with E-state index in [1.54, 1.807) is 6.07 Å². The third-order valence-corrected chi connectivity index (χ3v) is 2.33. The van der Waals surface area contributed by atoms with Gasteiger partial charge in [-0.25, -0.2) is 4.39 Å². The molecule has 1 atom stereocenters. The number of likely N-dealkylation sites (N-methyl/N-ethyl adjacent to an activating group) is 1. The van der Waals surface area contributed by atoms with Crippen molar-refractivity contribution >= 4 is 0 Å². The van der Waals surface area contributed by atoms with Crippen LogP contribution in [-0.4, -0.2) is 13.1 Å². The Hall–Kier alpha value is -0.890. The summed E-state index contributed by atoms with van der Waals surface area (Å²) < 4.78 is 13.2. The molecule has 2 heteroatoms. The van der Waals surface area contributed by atoms with Crippen molar-refractivity contribution in [3.63, 3.8) is 0 Å². The predicted molar refractivity (Wildman–Crippen MR) is 53.2 cm³/mol. The molecule has 1 unspecified atom stereocenters. The van der Waals surface area contributed by atoms with Crippen molar-refractivity contribution in [2.45, 2.75) is 25.8 Å². The quantitative estimate of drug-likeness (QED) is 0.752. The second-order valence-corrected chi connectivity index (χ2v) is 3.19. The lowest BCUT2D eigenvalue weighted by Gasteiger charge is -2.13. The maximum atomic E-state index is 13.2. The summed E-state index contributed by atoms with van der Waals surface area (Å²) in [6, 6.07) is 7.32. The Bertz CT molecular complexity index is 256. The van der Waals surface area contributed by atoms with Gasteiger partial charge in [0.2, 0.25) is 0 Å². The summed E-state index contributed by atoms with van der Waals surface area (Å²) in [5, 5.41) is 3.16. The molecule has 0 aromatic heterocycles. The lowest BCUT2D eigenvalue weighted by molar-refractivity contribution is 0.522. The second-order valence-electron chi connectivity index (χ2n) is 3.19. The van der Waals surface area contributed by atoms with Crippen molar-refractivity contribution in [3.05, 3.63) is 35.6 Å². The molecule has 0 radical (unpaired) electrons. The number of hydrogen-bond acceptors (Lipinski definition) is 1. The van der Waals surface area contributed by atoms with E-state index in [2.05, 4.69) is 12.2 Å². The van der Waals surface area contributed by atoms with Crippen LogP contribution in [0.3, 0.4) is 0 Å². The minimum absolute atomic E-state index is 0.101. The van der Waals surface area contributed by atoms with Gasteiger partial charge in [-0.15, -0.1) is 0 Å². The molecule has 0 bridgehead atoms. The molecule has 0 saturated heterocycles. The normalized spacial score (nSPS) is 12.8. The van der Waals surface area contributed by atoms with Crippen LogP contribution in [-0.2, 0) is 6.42 Å². The summed E-state index contributed by atoms with van der Waals surface area (Å²) in [6.45, 7) is 2.10. The SMILES string of the molecule is CCC(Cc1ccccc1F)NC. The largest absolute Gasteiger partial charge is 0.317 e. The Labute approximate surface area is 79.0 Å². The molecule has 0 aliphatic carbocycles. The number of nitrogens with one attached hydrogen (secondary N) is 1. The molecule has 0 aliphatic heterocycles. The molecule has 1 aromatic rings. The smallest absolute Gasteiger partial charge is 0.126 e. The van der Waals surface area contributed by atoms with E-state index in [1.807, 2.05) is 19.2 Å². The molecule has 1 rings (SSSR count). The average Bonchev–Trinajstić information content (AvgIpc) is 2.17. The zero-order valence-electron chi connectivity index (χ0n) is 8.18. The minimum Gasteiger partial charge on any atom is -0.317 e. The standard InChI is InChI=1S/C11H16FN/c1-3-10(13-2)8-9-6-4-5-7-11(9)12/h4-7,10,13H,3,8H2,1-2H3. The van der Waals surface area contributed by atoms with Gasteiger partial charge in [0.25, 0.3) is 0 Å². The zero-order valence-corrected chi connectivity index (χ0v) is 8.18. The van der Waals surface area contributed by atoms with Gasteiger partial charge in [-0.3, -0.25) is 0 Å². The van der Waals surface area contributed by atoms with Crippen LogP contribution in [0, 0.1) is 5.82 Å². The van der Waals surface area contributed by atoms with Crippen molar-refractivity contribution in [2.24, 2.45) is 0 Å². The van der Waals surface area contributed by atoms with E-state index in [4.69, 9.17) is 0 Å². The van der Waals surface area contributed by atoms with Crippen LogP contribution in [0.4, 0.5) is 4.39 Å². The monoisotopic (exact) mass is 181 g/mol. The van der Waals surface area contributed by atoms with E-state index in [9.17, 15) is 4.39 Å². The van der Waals surface area contributed by atoms with Gasteiger partial charge in [0.1, 0.15) is 5.82 Å². The van der Waals surface area contributed by atoms with Crippen molar-refractivity contribution in [3.8, 4) is 0 Å². The van der Waals surface area contributed by atoms with E-state index in [0.717, 1.165) is 18.4 Å². The van der Waals surface area contributed by atoms with E-state index in [0.29, 0.717) is 6.04 Å². The molecule has 0 fully saturated rings. The predicted octanol–water partition coefficient (Wildman–Crippen LogP) is 2.37. The van der Waals surface area contributed by atoms with Crippen LogP contribution in [0.2, 0.25) is 0 Å². The van der Waals surface area contributed by atoms with Gasteiger partial charge in [-0.05, 0) is 31.5 Å². The minimum atomic E-state index is -0.101. The zero-order chi connectivity index (χ0) is 9.68. The molecule has 0 amide bonds. The highest BCUT2D eigenvalue weighted by Gasteiger charge is 2.07. The van der Waals surface area contributed by atoms with Crippen LogP contribution in [0.25, 0.3) is 0 Å². The van der Waals surface area contributed by atoms with Crippen molar-refractivity contribution in [1.29, 1.82) is 0 Å². The van der Waals surface area contributed by atoms with Gasteiger partial charge >= 0.3 is 0 Å². The summed E-state index contributed by atoms with van der Waals surface area (Å²) in [6.07, 6.45) is 1.78. The first-order valence-electron chi connectivity index (χ1n) is 4.68. The van der Waals surface area contributed by atoms with Crippen LogP contribution in [0.15, 0.2) is 24.3 Å². The highest BCUT2D eigenvalue weighted by Crippen LogP contribution is 2.10. The fourth-order valence-corrected chi connectivity index (χ4v) is 1.38. The summed E-state index contributed by atoms with van der Waals surface area (Å²) in [7, 11) is 1.91. The lowest BCUT2D eigenvalue weighted by atomic mass is 10.0. The van der Waals surface area contributed by atoms with Gasteiger partial charge < -0.3 is 5.32 Å². The van der Waals surface area contributed by atoms with Gasteiger partial charge in [-0.1, -0.05) is 25.1 Å². The van der Waals surface area contributed by atoms with E-state index < -0.39 is 0 Å². The first-order valence-corrected chi connectivity index (χ1v) is 4.68. The summed E-state index contributed by atoms with van der Waals surface area (Å²) in [5.74, 6) is -0.101. The third-order valence-electron chi connectivity index (χ3n) is 2.33. The maximum absolute atomic E-state index is 13.2. The molecule has 0 saturated carbocycles. The highest BCUT2D eigenvalue weighted by atomic mass is 19.1. The first kappa shape index (κ1) is 10.2. The van der Waals surface area contributed by atoms with Gasteiger partial charge in [-0.2, -0.15) is 0 Å². The Morgan fingerprint density at radius 3 is 2.62 bits per heavy atom. The molecule has 0 heterocycles. The van der Waals surface area contributed by atoms with Gasteiger partial charge in [0.05, 0.1) is 0 Å². The number of hydrogen-bond donors (Lipinski definition) is 1. The number of benzene rings is 1. The lowest BCUT2D eigenvalue weighted by Crippen LogP contribution is -2.26. The molecule has 0 spiro atoms. The average molecular weight is 181 g/mol. The van der Waals surface area contributed by atoms with Crippen molar-refractivity contribution < 1.29 is 4.39 Å². The Kier molecular flexibility index (Phi) is 3.90. The van der Waals surface area contributed by atoms with Crippen LogP contribution >= 0.6 is 0 Å². The fourth-order valence-electron chi connectivity index (χ4n) is 1.38. The summed E-state index contributed by atoms with van der Waals surface area (Å²) >= 11 is 0. The van der Waals surface area contributed by atoms with Crippen LogP contribution < -0.4 is 5.32 Å². The van der Waals surface area contributed by atoms with Crippen molar-refractivity contribution in [2.75, 3.05) is 7.05 Å². The Morgan fingerprint density at radius 1 is 1.38 bits per heavy atom. The molecule has 13 heavy (non-hydrogen) atoms. The second kappa shape index (κ2) is 4.97. The van der Waals surface area contributed by atoms with Crippen LogP contribution in [0.1, 0.15) is 18.9 Å². The fraction of sp³-hybridized carbons (Fsp3) is 0.455. The molecular formula is C11H16FN. The molecule has 72 valence electrons. The maximum Gasteiger partial charge on any atom is 0.126 e. The Balaban J connectivity index is 2.67. The molecular weight excluding hydrogens is 165 g/mol. The summed E-state index contributed by atoms with van der Waals surface area (Å²) in [4.78, 5) is 0. The van der Waals surface area contributed by atoms with Crippen LogP contribution in [0.5, 0.6) is 0 Å². The number of halogens is 1. The van der Waals surface area contributed by atoms with E-state index in [-0.39, 0.29) is 5.82 Å². The van der Waals surface area contributed by atoms with Crippen molar-refractivity contribution in [1.82, 2.24) is 5.32 Å². The highest BCUT2D eigenvalue weighted by molar-refractivity contribution is 5.18. The molecule has 0 aliphatic rings. The van der Waals surface area contributed by atoms with E-state index in [1.165, 1.54) is 6.07 Å². The van der Waals surface area contributed by atoms with Gasteiger partial charge in [0, 0.05) is 6.04 Å². The van der Waals surface area contributed by atoms with E-state index >= 15 is 0 Å².